The zero-order valence-electron chi connectivity index (χ0n) is 18.5. The Kier molecular flexibility index (Phi) is 5.49. The molecule has 5 rings (SSSR count). The lowest BCUT2D eigenvalue weighted by atomic mass is 9.93. The minimum absolute atomic E-state index is 0.000987. The summed E-state index contributed by atoms with van der Waals surface area (Å²) in [6.45, 7) is 4.16. The van der Waals surface area contributed by atoms with Crippen molar-refractivity contribution >= 4 is 44.1 Å². The van der Waals surface area contributed by atoms with Crippen LogP contribution >= 0.6 is 11.3 Å². The van der Waals surface area contributed by atoms with E-state index in [-0.39, 0.29) is 16.5 Å². The van der Waals surface area contributed by atoms with Crippen molar-refractivity contribution in [2.24, 2.45) is 0 Å². The summed E-state index contributed by atoms with van der Waals surface area (Å²) in [4.78, 5) is 32.3. The van der Waals surface area contributed by atoms with Crippen molar-refractivity contribution in [3.8, 4) is 0 Å². The molecule has 1 aliphatic heterocycles. The van der Waals surface area contributed by atoms with Crippen LogP contribution < -0.4 is 4.90 Å². The summed E-state index contributed by atoms with van der Waals surface area (Å²) in [5.41, 5.74) is 2.75. The van der Waals surface area contributed by atoms with E-state index in [9.17, 15) is 19.1 Å². The predicted molar refractivity (Wildman–Crippen MR) is 131 cm³/mol. The van der Waals surface area contributed by atoms with E-state index in [0.29, 0.717) is 27.3 Å². The van der Waals surface area contributed by atoms with Crippen molar-refractivity contribution in [2.45, 2.75) is 25.8 Å². The molecule has 1 atom stereocenters. The van der Waals surface area contributed by atoms with E-state index in [1.807, 2.05) is 24.3 Å². The fourth-order valence-electron chi connectivity index (χ4n) is 4.15. The maximum Gasteiger partial charge on any atom is 0.301 e. The standard InChI is InChI=1S/C27H21FN2O3S/c1-15(2)16-8-10-17(11-9-16)23-22(24(31)18-6-4-3-5-7-18)25(32)26(33)30(23)27-29-20-13-12-19(28)14-21(20)34-27/h3-15,23,31H,1-2H3/b24-22+/t23-/m0/s1. The van der Waals surface area contributed by atoms with Gasteiger partial charge in [0.1, 0.15) is 11.6 Å². The normalized spacial score (nSPS) is 17.8. The highest BCUT2D eigenvalue weighted by atomic mass is 32.1. The van der Waals surface area contributed by atoms with Crippen LogP contribution in [0.1, 0.15) is 42.5 Å². The zero-order chi connectivity index (χ0) is 24.0. The molecule has 1 fully saturated rings. The number of carbonyl (C=O) groups is 2. The second-order valence-electron chi connectivity index (χ2n) is 8.46. The van der Waals surface area contributed by atoms with Gasteiger partial charge in [-0.15, -0.1) is 0 Å². The monoisotopic (exact) mass is 472 g/mol. The van der Waals surface area contributed by atoms with Gasteiger partial charge in [0.05, 0.1) is 21.8 Å². The fraction of sp³-hybridized carbons (Fsp3) is 0.148. The van der Waals surface area contributed by atoms with Gasteiger partial charge in [-0.3, -0.25) is 14.5 Å². The van der Waals surface area contributed by atoms with Gasteiger partial charge in [-0.1, -0.05) is 79.8 Å². The number of Topliss-reactive ketones (excluding diaryl/α,β-unsaturated/α-hetero) is 1. The molecule has 0 unspecified atom stereocenters. The number of aliphatic hydroxyl groups is 1. The van der Waals surface area contributed by atoms with Crippen LogP contribution in [0.5, 0.6) is 0 Å². The molecule has 1 aromatic heterocycles. The van der Waals surface area contributed by atoms with Crippen LogP contribution in [0.15, 0.2) is 78.4 Å². The minimum atomic E-state index is -0.869. The Balaban J connectivity index is 1.72. The average molecular weight is 473 g/mol. The van der Waals surface area contributed by atoms with Crippen LogP contribution in [0.4, 0.5) is 9.52 Å². The molecule has 0 bridgehead atoms. The molecule has 0 radical (unpaired) electrons. The largest absolute Gasteiger partial charge is 0.507 e. The van der Waals surface area contributed by atoms with Crippen molar-refractivity contribution in [2.75, 3.05) is 4.90 Å². The Morgan fingerprint density at radius 3 is 2.41 bits per heavy atom. The molecule has 3 aromatic carbocycles. The number of carbonyl (C=O) groups excluding carboxylic acids is 2. The number of benzene rings is 3. The third kappa shape index (κ3) is 3.68. The molecule has 2 heterocycles. The van der Waals surface area contributed by atoms with Gasteiger partial charge in [-0.05, 0) is 35.2 Å². The summed E-state index contributed by atoms with van der Waals surface area (Å²) in [7, 11) is 0. The Labute approximate surface area is 199 Å². The summed E-state index contributed by atoms with van der Waals surface area (Å²) < 4.78 is 14.3. The maximum absolute atomic E-state index is 13.8. The van der Waals surface area contributed by atoms with E-state index < -0.39 is 23.5 Å². The number of ketones is 1. The Hall–Kier alpha value is -3.84. The summed E-state index contributed by atoms with van der Waals surface area (Å²) in [6, 6.07) is 19.6. The van der Waals surface area contributed by atoms with Gasteiger partial charge in [0, 0.05) is 5.56 Å². The number of aliphatic hydroxyl groups excluding tert-OH is 1. The van der Waals surface area contributed by atoms with Gasteiger partial charge in [0.2, 0.25) is 0 Å². The van der Waals surface area contributed by atoms with Crippen LogP contribution in [0, 0.1) is 5.82 Å². The summed E-state index contributed by atoms with van der Waals surface area (Å²) in [5, 5.41) is 11.4. The third-order valence-electron chi connectivity index (χ3n) is 5.96. The van der Waals surface area contributed by atoms with E-state index in [4.69, 9.17) is 0 Å². The fourth-order valence-corrected chi connectivity index (χ4v) is 5.17. The van der Waals surface area contributed by atoms with Crippen molar-refractivity contribution in [3.63, 3.8) is 0 Å². The molecule has 1 amide bonds. The Morgan fingerprint density at radius 1 is 1.03 bits per heavy atom. The molecule has 0 aliphatic carbocycles. The first-order valence-corrected chi connectivity index (χ1v) is 11.7. The molecule has 0 saturated carbocycles. The number of rotatable bonds is 4. The molecule has 7 heteroatoms. The lowest BCUT2D eigenvalue weighted by molar-refractivity contribution is -0.132. The van der Waals surface area contributed by atoms with Gasteiger partial charge in [-0.2, -0.15) is 0 Å². The molecule has 4 aromatic rings. The van der Waals surface area contributed by atoms with Crippen molar-refractivity contribution < 1.29 is 19.1 Å². The summed E-state index contributed by atoms with van der Waals surface area (Å²) >= 11 is 1.13. The second kappa shape index (κ2) is 8.50. The second-order valence-corrected chi connectivity index (χ2v) is 9.47. The summed E-state index contributed by atoms with van der Waals surface area (Å²) in [5.74, 6) is -1.91. The maximum atomic E-state index is 13.8. The first kappa shape index (κ1) is 22.0. The van der Waals surface area contributed by atoms with E-state index in [1.165, 1.54) is 23.1 Å². The zero-order valence-corrected chi connectivity index (χ0v) is 19.3. The van der Waals surface area contributed by atoms with Gasteiger partial charge < -0.3 is 5.11 Å². The van der Waals surface area contributed by atoms with E-state index >= 15 is 0 Å². The van der Waals surface area contributed by atoms with E-state index in [0.717, 1.165) is 16.9 Å². The number of nitrogens with zero attached hydrogens (tertiary/aromatic N) is 2. The van der Waals surface area contributed by atoms with Gasteiger partial charge in [0.15, 0.2) is 5.13 Å². The summed E-state index contributed by atoms with van der Waals surface area (Å²) in [6.07, 6.45) is 0. The molecule has 34 heavy (non-hydrogen) atoms. The lowest BCUT2D eigenvalue weighted by Gasteiger charge is -2.23. The van der Waals surface area contributed by atoms with Crippen LogP contribution in [-0.2, 0) is 9.59 Å². The highest BCUT2D eigenvalue weighted by Crippen LogP contribution is 2.44. The molecule has 1 saturated heterocycles. The number of fused-ring (bicyclic) bond motifs is 1. The SMILES string of the molecule is CC(C)c1ccc([C@H]2/C(=C(\O)c3ccccc3)C(=O)C(=O)N2c2nc3ccc(F)cc3s2)cc1. The number of aromatic nitrogens is 1. The molecular formula is C27H21FN2O3S. The Bertz CT molecular complexity index is 1440. The predicted octanol–water partition coefficient (Wildman–Crippen LogP) is 6.19. The van der Waals surface area contributed by atoms with Crippen LogP contribution in [0.3, 0.4) is 0 Å². The highest BCUT2D eigenvalue weighted by Gasteiger charge is 2.48. The van der Waals surface area contributed by atoms with E-state index in [2.05, 4.69) is 18.8 Å². The number of hydrogen-bond donors (Lipinski definition) is 1. The molecular weight excluding hydrogens is 451 g/mol. The molecule has 1 N–H and O–H groups in total. The first-order chi connectivity index (χ1) is 16.3. The van der Waals surface area contributed by atoms with Gasteiger partial charge >= 0.3 is 5.91 Å². The van der Waals surface area contributed by atoms with Gasteiger partial charge in [0.25, 0.3) is 5.78 Å². The van der Waals surface area contributed by atoms with Crippen LogP contribution in [0.2, 0.25) is 0 Å². The lowest BCUT2D eigenvalue weighted by Crippen LogP contribution is -2.29. The minimum Gasteiger partial charge on any atom is -0.507 e. The Morgan fingerprint density at radius 2 is 1.74 bits per heavy atom. The first-order valence-electron chi connectivity index (χ1n) is 10.9. The van der Waals surface area contributed by atoms with Crippen molar-refractivity contribution in [1.29, 1.82) is 0 Å². The molecule has 0 spiro atoms. The number of thiazole rings is 1. The topological polar surface area (TPSA) is 70.5 Å². The third-order valence-corrected chi connectivity index (χ3v) is 6.97. The number of amides is 1. The molecule has 5 nitrogen and oxygen atoms in total. The number of hydrogen-bond acceptors (Lipinski definition) is 5. The number of anilines is 1. The van der Waals surface area contributed by atoms with Crippen molar-refractivity contribution in [1.82, 2.24) is 4.98 Å². The van der Waals surface area contributed by atoms with Crippen LogP contribution in [-0.4, -0.2) is 21.8 Å². The van der Waals surface area contributed by atoms with Gasteiger partial charge in [-0.25, -0.2) is 9.37 Å². The average Bonchev–Trinajstić information content (AvgIpc) is 3.37. The van der Waals surface area contributed by atoms with Crippen molar-refractivity contribution in [3.05, 3.63) is 101 Å². The molecule has 1 aliphatic rings. The highest BCUT2D eigenvalue weighted by molar-refractivity contribution is 7.22. The smallest absolute Gasteiger partial charge is 0.301 e. The quantitative estimate of drug-likeness (QED) is 0.219. The van der Waals surface area contributed by atoms with E-state index in [1.54, 1.807) is 30.3 Å². The molecule has 170 valence electrons. The van der Waals surface area contributed by atoms with Crippen LogP contribution in [0.25, 0.3) is 16.0 Å². The number of halogens is 1.